The molecule has 1 aromatic carbocycles. The van der Waals surface area contributed by atoms with Gasteiger partial charge in [-0.2, -0.15) is 0 Å². The van der Waals surface area contributed by atoms with Crippen LogP contribution in [0, 0.1) is 0 Å². The number of hydrogen-bond acceptors (Lipinski definition) is 4. The second-order valence-electron chi connectivity index (χ2n) is 5.62. The summed E-state index contributed by atoms with van der Waals surface area (Å²) in [5.74, 6) is 0.990. The van der Waals surface area contributed by atoms with Crippen LogP contribution in [-0.4, -0.2) is 44.8 Å². The molecule has 2 aliphatic heterocycles. The molecule has 3 rings (SSSR count). The number of hydrogen-bond donors (Lipinski definition) is 1. The summed E-state index contributed by atoms with van der Waals surface area (Å²) in [6, 6.07) is 6.47. The highest BCUT2D eigenvalue weighted by Crippen LogP contribution is 2.27. The van der Waals surface area contributed by atoms with Crippen molar-refractivity contribution in [1.29, 1.82) is 0 Å². The molecule has 0 saturated carbocycles. The van der Waals surface area contributed by atoms with Crippen molar-refractivity contribution in [2.45, 2.75) is 25.5 Å². The fraction of sp³-hybridized carbons (Fsp3) is 0.625. The Bertz CT molecular complexity index is 438. The smallest absolute Gasteiger partial charge is 0.123 e. The Morgan fingerprint density at radius 3 is 2.90 bits per heavy atom. The van der Waals surface area contributed by atoms with Gasteiger partial charge in [0, 0.05) is 25.2 Å². The van der Waals surface area contributed by atoms with Crippen LogP contribution < -0.4 is 10.1 Å². The van der Waals surface area contributed by atoms with Gasteiger partial charge in [-0.3, -0.25) is 4.90 Å². The molecule has 2 heterocycles. The van der Waals surface area contributed by atoms with Gasteiger partial charge < -0.3 is 14.8 Å². The van der Waals surface area contributed by atoms with Crippen LogP contribution in [0.5, 0.6) is 5.75 Å². The number of rotatable bonds is 4. The van der Waals surface area contributed by atoms with E-state index in [4.69, 9.17) is 9.47 Å². The Morgan fingerprint density at radius 1 is 1.35 bits per heavy atom. The van der Waals surface area contributed by atoms with E-state index >= 15 is 0 Å². The summed E-state index contributed by atoms with van der Waals surface area (Å²) in [6.07, 6.45) is 2.81. The number of morpholine rings is 1. The lowest BCUT2D eigenvalue weighted by molar-refractivity contribution is 0.0276. The van der Waals surface area contributed by atoms with Gasteiger partial charge in [0.15, 0.2) is 0 Å². The first kappa shape index (κ1) is 13.9. The Balaban J connectivity index is 1.78. The molecular formula is C16H24N2O2. The minimum Gasteiger partial charge on any atom is -0.496 e. The number of benzene rings is 1. The number of likely N-dealkylation sites (tertiary alicyclic amines) is 1. The number of nitrogens with one attached hydrogen (secondary N) is 1. The molecule has 0 amide bonds. The Morgan fingerprint density at radius 2 is 2.20 bits per heavy atom. The molecule has 20 heavy (non-hydrogen) atoms. The molecule has 4 nitrogen and oxygen atoms in total. The molecular weight excluding hydrogens is 252 g/mol. The predicted octanol–water partition coefficient (Wildman–Crippen LogP) is 1.95. The summed E-state index contributed by atoms with van der Waals surface area (Å²) in [5.41, 5.74) is 2.54. The summed E-state index contributed by atoms with van der Waals surface area (Å²) in [4.78, 5) is 2.50. The molecule has 2 saturated heterocycles. The third kappa shape index (κ3) is 3.14. The van der Waals surface area contributed by atoms with E-state index in [2.05, 4.69) is 28.4 Å². The quantitative estimate of drug-likeness (QED) is 0.911. The van der Waals surface area contributed by atoms with Crippen molar-refractivity contribution in [2.24, 2.45) is 0 Å². The highest BCUT2D eigenvalue weighted by Gasteiger charge is 2.19. The van der Waals surface area contributed by atoms with E-state index in [1.807, 2.05) is 0 Å². The van der Waals surface area contributed by atoms with Crippen molar-refractivity contribution in [1.82, 2.24) is 10.2 Å². The standard InChI is InChI=1S/C16H24N2O2/c1-19-15-5-4-13(16-11-17-6-9-20-16)10-14(15)12-18-7-2-3-8-18/h4-5,10,16-17H,2-3,6-9,11-12H2,1H3. The molecule has 2 aliphatic rings. The topological polar surface area (TPSA) is 33.7 Å². The molecule has 1 N–H and O–H groups in total. The van der Waals surface area contributed by atoms with E-state index in [-0.39, 0.29) is 6.10 Å². The summed E-state index contributed by atoms with van der Waals surface area (Å²) >= 11 is 0. The van der Waals surface area contributed by atoms with Crippen molar-refractivity contribution >= 4 is 0 Å². The highest BCUT2D eigenvalue weighted by atomic mass is 16.5. The zero-order valence-electron chi connectivity index (χ0n) is 12.2. The van der Waals surface area contributed by atoms with Gasteiger partial charge in [-0.05, 0) is 43.6 Å². The second kappa shape index (κ2) is 6.57. The molecule has 0 bridgehead atoms. The van der Waals surface area contributed by atoms with Crippen LogP contribution in [0.1, 0.15) is 30.1 Å². The molecule has 0 aromatic heterocycles. The Kier molecular flexibility index (Phi) is 4.55. The van der Waals surface area contributed by atoms with E-state index in [0.717, 1.165) is 32.0 Å². The van der Waals surface area contributed by atoms with Gasteiger partial charge in [0.05, 0.1) is 19.8 Å². The normalized spacial score (nSPS) is 23.9. The average molecular weight is 276 g/mol. The zero-order valence-corrected chi connectivity index (χ0v) is 12.2. The van der Waals surface area contributed by atoms with Crippen LogP contribution >= 0.6 is 0 Å². The number of methoxy groups -OCH3 is 1. The molecule has 0 spiro atoms. The van der Waals surface area contributed by atoms with E-state index in [1.54, 1.807) is 7.11 Å². The van der Waals surface area contributed by atoms with Gasteiger partial charge in [-0.15, -0.1) is 0 Å². The molecule has 1 unspecified atom stereocenters. The molecule has 1 aromatic rings. The third-order valence-corrected chi connectivity index (χ3v) is 4.20. The Labute approximate surface area is 121 Å². The molecule has 4 heteroatoms. The first-order valence-corrected chi connectivity index (χ1v) is 7.58. The van der Waals surface area contributed by atoms with Crippen molar-refractivity contribution < 1.29 is 9.47 Å². The van der Waals surface area contributed by atoms with E-state index < -0.39 is 0 Å². The molecule has 0 radical (unpaired) electrons. The zero-order chi connectivity index (χ0) is 13.8. The molecule has 110 valence electrons. The molecule has 2 fully saturated rings. The average Bonchev–Trinajstić information content (AvgIpc) is 3.01. The van der Waals surface area contributed by atoms with Gasteiger partial charge in [0.1, 0.15) is 5.75 Å². The van der Waals surface area contributed by atoms with Gasteiger partial charge in [0.25, 0.3) is 0 Å². The summed E-state index contributed by atoms with van der Waals surface area (Å²) in [5, 5.41) is 3.39. The van der Waals surface area contributed by atoms with E-state index in [1.165, 1.54) is 37.1 Å². The van der Waals surface area contributed by atoms with Gasteiger partial charge in [-0.25, -0.2) is 0 Å². The number of nitrogens with zero attached hydrogens (tertiary/aromatic N) is 1. The first-order chi connectivity index (χ1) is 9.86. The highest BCUT2D eigenvalue weighted by molar-refractivity contribution is 5.38. The maximum atomic E-state index is 5.85. The minimum atomic E-state index is 0.173. The van der Waals surface area contributed by atoms with Crippen molar-refractivity contribution in [3.63, 3.8) is 0 Å². The van der Waals surface area contributed by atoms with Crippen molar-refractivity contribution in [3.8, 4) is 5.75 Å². The lowest BCUT2D eigenvalue weighted by atomic mass is 10.0. The fourth-order valence-corrected chi connectivity index (χ4v) is 3.08. The van der Waals surface area contributed by atoms with Crippen LogP contribution in [-0.2, 0) is 11.3 Å². The van der Waals surface area contributed by atoms with Gasteiger partial charge >= 0.3 is 0 Å². The van der Waals surface area contributed by atoms with Crippen LogP contribution in [0.25, 0.3) is 0 Å². The van der Waals surface area contributed by atoms with E-state index in [9.17, 15) is 0 Å². The van der Waals surface area contributed by atoms with Crippen molar-refractivity contribution in [2.75, 3.05) is 39.9 Å². The fourth-order valence-electron chi connectivity index (χ4n) is 3.08. The van der Waals surface area contributed by atoms with Crippen LogP contribution in [0.3, 0.4) is 0 Å². The molecule has 0 aliphatic carbocycles. The van der Waals surface area contributed by atoms with Crippen molar-refractivity contribution in [3.05, 3.63) is 29.3 Å². The van der Waals surface area contributed by atoms with Crippen LogP contribution in [0.2, 0.25) is 0 Å². The van der Waals surface area contributed by atoms with Crippen LogP contribution in [0.15, 0.2) is 18.2 Å². The lowest BCUT2D eigenvalue weighted by Gasteiger charge is -2.25. The maximum absolute atomic E-state index is 5.85. The number of ether oxygens (including phenoxy) is 2. The largest absolute Gasteiger partial charge is 0.496 e. The first-order valence-electron chi connectivity index (χ1n) is 7.58. The monoisotopic (exact) mass is 276 g/mol. The predicted molar refractivity (Wildman–Crippen MR) is 79.1 cm³/mol. The van der Waals surface area contributed by atoms with Gasteiger partial charge in [-0.1, -0.05) is 6.07 Å². The second-order valence-corrected chi connectivity index (χ2v) is 5.62. The maximum Gasteiger partial charge on any atom is 0.123 e. The third-order valence-electron chi connectivity index (χ3n) is 4.20. The van der Waals surface area contributed by atoms with Gasteiger partial charge in [0.2, 0.25) is 0 Å². The minimum absolute atomic E-state index is 0.173. The summed E-state index contributed by atoms with van der Waals surface area (Å²) in [6.45, 7) is 6.03. The molecule has 1 atom stereocenters. The van der Waals surface area contributed by atoms with E-state index in [0.29, 0.717) is 0 Å². The Hall–Kier alpha value is -1.10. The SMILES string of the molecule is COc1ccc(C2CNCCO2)cc1CN1CCCC1. The van der Waals surface area contributed by atoms with Crippen LogP contribution in [0.4, 0.5) is 0 Å². The summed E-state index contributed by atoms with van der Waals surface area (Å²) < 4.78 is 11.4. The summed E-state index contributed by atoms with van der Waals surface area (Å²) in [7, 11) is 1.75. The lowest BCUT2D eigenvalue weighted by Crippen LogP contribution is -2.33.